The molecule has 1 amide bonds. The number of hydrogen-bond donors (Lipinski definition) is 2. The van der Waals surface area contributed by atoms with Gasteiger partial charge in [-0.3, -0.25) is 4.79 Å². The summed E-state index contributed by atoms with van der Waals surface area (Å²) in [6, 6.07) is 0. The van der Waals surface area contributed by atoms with Crippen molar-refractivity contribution < 1.29 is 31.1 Å². The van der Waals surface area contributed by atoms with Crippen LogP contribution < -0.4 is 11.1 Å². The van der Waals surface area contributed by atoms with Gasteiger partial charge in [0.1, 0.15) is 0 Å². The molecule has 0 radical (unpaired) electrons. The molecule has 3 nitrogen and oxygen atoms in total. The first kappa shape index (κ1) is 18.0. The summed E-state index contributed by atoms with van der Waals surface area (Å²) in [5.74, 6) is -6.62. The lowest BCUT2D eigenvalue weighted by Crippen LogP contribution is -2.59. The van der Waals surface area contributed by atoms with Gasteiger partial charge in [0, 0.05) is 6.54 Å². The average Bonchev–Trinajstić information content (AvgIpc) is 2.11. The molecule has 0 fully saturated rings. The van der Waals surface area contributed by atoms with Crippen molar-refractivity contribution in [3.8, 4) is 0 Å². The predicted octanol–water partition coefficient (Wildman–Crippen LogP) is 2.22. The van der Waals surface area contributed by atoms with Gasteiger partial charge in [-0.2, -0.15) is 26.3 Å². The Morgan fingerprint density at radius 2 is 1.47 bits per heavy atom. The third-order valence-corrected chi connectivity index (χ3v) is 3.02. The van der Waals surface area contributed by atoms with Crippen LogP contribution in [0.5, 0.6) is 0 Å². The Morgan fingerprint density at radius 3 is 1.68 bits per heavy atom. The first-order valence-electron chi connectivity index (χ1n) is 5.41. The predicted molar refractivity (Wildman–Crippen MR) is 56.0 cm³/mol. The maximum absolute atomic E-state index is 12.3. The molecule has 0 saturated carbocycles. The van der Waals surface area contributed by atoms with Crippen LogP contribution in [0.3, 0.4) is 0 Å². The molecule has 9 heteroatoms. The molecule has 0 rings (SSSR count). The van der Waals surface area contributed by atoms with E-state index in [1.807, 2.05) is 0 Å². The van der Waals surface area contributed by atoms with E-state index in [4.69, 9.17) is 5.73 Å². The fraction of sp³-hybridized carbons (Fsp3) is 0.900. The quantitative estimate of drug-likeness (QED) is 0.781. The molecular formula is C10H16F6N2O. The molecule has 0 aromatic heterocycles. The molecule has 0 spiro atoms. The molecule has 0 aliphatic rings. The summed E-state index contributed by atoms with van der Waals surface area (Å²) < 4.78 is 74.0. The zero-order valence-electron chi connectivity index (χ0n) is 10.6. The Labute approximate surface area is 106 Å². The lowest BCUT2D eigenvalue weighted by molar-refractivity contribution is -0.274. The van der Waals surface area contributed by atoms with Crippen molar-refractivity contribution in [1.29, 1.82) is 0 Å². The van der Waals surface area contributed by atoms with Crippen molar-refractivity contribution in [3.63, 3.8) is 0 Å². The molecule has 19 heavy (non-hydrogen) atoms. The van der Waals surface area contributed by atoms with E-state index in [-0.39, 0.29) is 6.54 Å². The third-order valence-electron chi connectivity index (χ3n) is 3.02. The largest absolute Gasteiger partial charge is 0.409 e. The van der Waals surface area contributed by atoms with E-state index in [0.717, 1.165) is 0 Å². The van der Waals surface area contributed by atoms with Crippen LogP contribution in [0.25, 0.3) is 0 Å². The highest BCUT2D eigenvalue weighted by Gasteiger charge is 2.61. The van der Waals surface area contributed by atoms with Gasteiger partial charge in [0.2, 0.25) is 11.8 Å². The zero-order chi connectivity index (χ0) is 15.6. The first-order chi connectivity index (χ1) is 8.25. The molecule has 0 bridgehead atoms. The number of carbonyl (C=O) groups excluding carboxylic acids is 1. The summed E-state index contributed by atoms with van der Waals surface area (Å²) in [6.45, 7) is 4.07. The molecule has 0 aliphatic carbocycles. The number of halogens is 6. The van der Waals surface area contributed by atoms with E-state index in [9.17, 15) is 31.1 Å². The number of nitrogens with one attached hydrogen (secondary N) is 1. The molecule has 1 unspecified atom stereocenters. The molecule has 1 atom stereocenters. The molecule has 0 saturated heterocycles. The molecule has 114 valence electrons. The second-order valence-electron chi connectivity index (χ2n) is 4.78. The Balaban J connectivity index is 5.27. The van der Waals surface area contributed by atoms with Crippen molar-refractivity contribution in [3.05, 3.63) is 0 Å². The van der Waals surface area contributed by atoms with Crippen molar-refractivity contribution in [1.82, 2.24) is 5.32 Å². The van der Waals surface area contributed by atoms with Crippen LogP contribution in [-0.4, -0.2) is 30.3 Å². The Hall–Kier alpha value is -0.990. The van der Waals surface area contributed by atoms with Gasteiger partial charge < -0.3 is 11.1 Å². The number of alkyl halides is 6. The molecule has 0 heterocycles. The van der Waals surface area contributed by atoms with Crippen LogP contribution >= 0.6 is 0 Å². The van der Waals surface area contributed by atoms with Crippen LogP contribution in [0.2, 0.25) is 0 Å². The topological polar surface area (TPSA) is 55.1 Å². The lowest BCUT2D eigenvalue weighted by Gasteiger charge is -2.35. The Kier molecular flexibility index (Phi) is 5.27. The van der Waals surface area contributed by atoms with E-state index in [1.54, 1.807) is 5.32 Å². The Morgan fingerprint density at radius 1 is 1.11 bits per heavy atom. The van der Waals surface area contributed by atoms with Crippen molar-refractivity contribution in [2.24, 2.45) is 17.6 Å². The smallest absolute Gasteiger partial charge is 0.349 e. The van der Waals surface area contributed by atoms with Crippen molar-refractivity contribution in [2.75, 3.05) is 6.54 Å². The van der Waals surface area contributed by atoms with E-state index >= 15 is 0 Å². The van der Waals surface area contributed by atoms with Gasteiger partial charge in [-0.15, -0.1) is 0 Å². The van der Waals surface area contributed by atoms with Gasteiger partial charge >= 0.3 is 12.4 Å². The third kappa shape index (κ3) is 4.55. The van der Waals surface area contributed by atoms with Gasteiger partial charge in [0.15, 0.2) is 0 Å². The number of hydrogen-bond acceptors (Lipinski definition) is 2. The van der Waals surface area contributed by atoms with Gasteiger partial charge in [-0.05, 0) is 12.8 Å². The highest BCUT2D eigenvalue weighted by Crippen LogP contribution is 2.39. The van der Waals surface area contributed by atoms with E-state index < -0.39 is 35.6 Å². The van der Waals surface area contributed by atoms with Gasteiger partial charge in [0.25, 0.3) is 0 Å². The molecule has 0 aliphatic heterocycles. The molecule has 0 aromatic carbocycles. The van der Waals surface area contributed by atoms with Gasteiger partial charge in [0.05, 0.1) is 5.54 Å². The van der Waals surface area contributed by atoms with Gasteiger partial charge in [-0.25, -0.2) is 0 Å². The second kappa shape index (κ2) is 5.56. The minimum atomic E-state index is -5.70. The number of carbonyl (C=O) groups is 1. The molecular weight excluding hydrogens is 278 g/mol. The van der Waals surface area contributed by atoms with Crippen molar-refractivity contribution >= 4 is 5.91 Å². The minimum Gasteiger partial charge on any atom is -0.349 e. The first-order valence-corrected chi connectivity index (χ1v) is 5.41. The normalized spacial score (nSPS) is 16.6. The van der Waals surface area contributed by atoms with Crippen LogP contribution in [0.1, 0.15) is 20.8 Å². The molecule has 0 aromatic rings. The van der Waals surface area contributed by atoms with E-state index in [0.29, 0.717) is 0 Å². The fourth-order valence-electron chi connectivity index (χ4n) is 1.27. The highest BCUT2D eigenvalue weighted by molar-refractivity contribution is 5.81. The highest BCUT2D eigenvalue weighted by atomic mass is 19.4. The van der Waals surface area contributed by atoms with Gasteiger partial charge in [-0.1, -0.05) is 13.8 Å². The summed E-state index contributed by atoms with van der Waals surface area (Å²) in [5, 5.41) is 1.75. The number of rotatable bonds is 4. The van der Waals surface area contributed by atoms with Crippen LogP contribution in [-0.2, 0) is 4.79 Å². The van der Waals surface area contributed by atoms with Crippen molar-refractivity contribution in [2.45, 2.75) is 38.7 Å². The summed E-state index contributed by atoms with van der Waals surface area (Å²) in [4.78, 5) is 11.3. The van der Waals surface area contributed by atoms with E-state index in [2.05, 4.69) is 0 Å². The van der Waals surface area contributed by atoms with Crippen LogP contribution in [0.15, 0.2) is 0 Å². The summed E-state index contributed by atoms with van der Waals surface area (Å²) in [5.41, 5.74) is 3.96. The fourth-order valence-corrected chi connectivity index (χ4v) is 1.27. The second-order valence-corrected chi connectivity index (χ2v) is 4.78. The van der Waals surface area contributed by atoms with E-state index in [1.165, 1.54) is 20.8 Å². The summed E-state index contributed by atoms with van der Waals surface area (Å²) in [7, 11) is 0. The summed E-state index contributed by atoms with van der Waals surface area (Å²) >= 11 is 0. The monoisotopic (exact) mass is 294 g/mol. The lowest BCUT2D eigenvalue weighted by atomic mass is 9.87. The maximum atomic E-state index is 12.3. The zero-order valence-corrected chi connectivity index (χ0v) is 10.6. The Bertz CT molecular complexity index is 311. The maximum Gasteiger partial charge on any atom is 0.409 e. The summed E-state index contributed by atoms with van der Waals surface area (Å²) in [6.07, 6.45) is -11.4. The standard InChI is InChI=1S/C10H16F6N2O/c1-5(2)8(3,4-17)18-7(19)6(9(11,12)13)10(14,15)16/h5-6H,4,17H2,1-3H3,(H,18,19). The SMILES string of the molecule is CC(C)C(C)(CN)NC(=O)C(C(F)(F)F)C(F)(F)F. The minimum absolute atomic E-state index is 0.279. The average molecular weight is 294 g/mol. The number of amides is 1. The van der Waals surface area contributed by atoms with Crippen LogP contribution in [0, 0.1) is 11.8 Å². The van der Waals surface area contributed by atoms with Crippen LogP contribution in [0.4, 0.5) is 26.3 Å². The number of nitrogens with two attached hydrogens (primary N) is 1. The molecule has 3 N–H and O–H groups in total.